The van der Waals surface area contributed by atoms with E-state index in [0.29, 0.717) is 21.3 Å². The fourth-order valence-electron chi connectivity index (χ4n) is 2.82. The van der Waals surface area contributed by atoms with Crippen LogP contribution in [-0.4, -0.2) is 25.3 Å². The molecule has 0 atom stereocenters. The van der Waals surface area contributed by atoms with Crippen molar-refractivity contribution in [3.8, 4) is 11.5 Å². The average Bonchev–Trinajstić information content (AvgIpc) is 2.79. The SMILES string of the molecule is COc1ccc(/C=C(\NC(=O)c2ccccc2)C(=O)Nc2ccc(OC(F)(F)F)cc2)cc1Br. The smallest absolute Gasteiger partial charge is 0.496 e. The van der Waals surface area contributed by atoms with Crippen molar-refractivity contribution in [2.45, 2.75) is 6.36 Å². The lowest BCUT2D eigenvalue weighted by Gasteiger charge is -2.13. The minimum Gasteiger partial charge on any atom is -0.496 e. The zero-order chi connectivity index (χ0) is 24.7. The van der Waals surface area contributed by atoms with Gasteiger partial charge in [0.15, 0.2) is 0 Å². The van der Waals surface area contributed by atoms with Crippen LogP contribution in [0.1, 0.15) is 15.9 Å². The van der Waals surface area contributed by atoms with Gasteiger partial charge in [-0.3, -0.25) is 9.59 Å². The predicted molar refractivity (Wildman–Crippen MR) is 124 cm³/mol. The third kappa shape index (κ3) is 7.11. The summed E-state index contributed by atoms with van der Waals surface area (Å²) in [6, 6.07) is 18.0. The summed E-state index contributed by atoms with van der Waals surface area (Å²) < 4.78 is 46.7. The molecule has 0 aliphatic rings. The summed E-state index contributed by atoms with van der Waals surface area (Å²) in [5, 5.41) is 5.13. The maximum atomic E-state index is 13.0. The Morgan fingerprint density at radius 3 is 2.24 bits per heavy atom. The van der Waals surface area contributed by atoms with Crippen LogP contribution in [0.4, 0.5) is 18.9 Å². The zero-order valence-corrected chi connectivity index (χ0v) is 19.2. The molecular formula is C24H18BrF3N2O4. The zero-order valence-electron chi connectivity index (χ0n) is 17.7. The molecule has 2 amide bonds. The molecule has 3 aromatic rings. The van der Waals surface area contributed by atoms with Crippen LogP contribution in [0.15, 0.2) is 83.0 Å². The van der Waals surface area contributed by atoms with Gasteiger partial charge in [0.25, 0.3) is 11.8 Å². The molecule has 0 heterocycles. The summed E-state index contributed by atoms with van der Waals surface area (Å²) in [6.45, 7) is 0. The predicted octanol–water partition coefficient (Wildman–Crippen LogP) is 5.77. The Hall–Kier alpha value is -3.79. The van der Waals surface area contributed by atoms with E-state index in [-0.39, 0.29) is 11.4 Å². The van der Waals surface area contributed by atoms with Gasteiger partial charge >= 0.3 is 6.36 Å². The Morgan fingerprint density at radius 2 is 1.65 bits per heavy atom. The second-order valence-corrected chi connectivity index (χ2v) is 7.65. The van der Waals surface area contributed by atoms with E-state index in [1.807, 2.05) is 0 Å². The van der Waals surface area contributed by atoms with E-state index in [2.05, 4.69) is 31.3 Å². The average molecular weight is 535 g/mol. The quantitative estimate of drug-likeness (QED) is 0.377. The highest BCUT2D eigenvalue weighted by atomic mass is 79.9. The molecule has 10 heteroatoms. The molecule has 0 fully saturated rings. The number of carbonyl (C=O) groups excluding carboxylic acids is 2. The van der Waals surface area contributed by atoms with Gasteiger partial charge in [-0.05, 0) is 76.1 Å². The van der Waals surface area contributed by atoms with Crippen molar-refractivity contribution in [2.24, 2.45) is 0 Å². The Bertz CT molecular complexity index is 1200. The number of anilines is 1. The van der Waals surface area contributed by atoms with Crippen LogP contribution in [0, 0.1) is 0 Å². The van der Waals surface area contributed by atoms with Crippen LogP contribution in [0.5, 0.6) is 11.5 Å². The minimum atomic E-state index is -4.82. The summed E-state index contributed by atoms with van der Waals surface area (Å²) in [5.41, 5.74) is 1.04. The topological polar surface area (TPSA) is 76.7 Å². The largest absolute Gasteiger partial charge is 0.573 e. The number of carbonyl (C=O) groups is 2. The summed E-state index contributed by atoms with van der Waals surface area (Å²) in [6.07, 6.45) is -3.36. The third-order valence-corrected chi connectivity index (χ3v) is 4.98. The lowest BCUT2D eigenvalue weighted by atomic mass is 10.1. The second kappa shape index (κ2) is 10.9. The maximum absolute atomic E-state index is 13.0. The van der Waals surface area contributed by atoms with Crippen LogP contribution in [0.3, 0.4) is 0 Å². The van der Waals surface area contributed by atoms with Gasteiger partial charge < -0.3 is 20.1 Å². The number of hydrogen-bond acceptors (Lipinski definition) is 4. The number of alkyl halides is 3. The first-order valence-corrected chi connectivity index (χ1v) is 10.5. The van der Waals surface area contributed by atoms with E-state index in [1.54, 1.807) is 48.5 Å². The molecule has 34 heavy (non-hydrogen) atoms. The van der Waals surface area contributed by atoms with Crippen molar-refractivity contribution in [3.05, 3.63) is 94.1 Å². The molecule has 0 aromatic heterocycles. The Morgan fingerprint density at radius 1 is 0.971 bits per heavy atom. The normalized spacial score (nSPS) is 11.5. The summed E-state index contributed by atoms with van der Waals surface area (Å²) in [5.74, 6) is -1.04. The standard InChI is InChI=1S/C24H18BrF3N2O4/c1-33-21-12-7-15(13-19(21)25)14-20(30-22(31)16-5-3-2-4-6-16)23(32)29-17-8-10-18(11-9-17)34-24(26,27)28/h2-14H,1H3,(H,29,32)(H,30,31)/b20-14-. The first-order chi connectivity index (χ1) is 16.1. The van der Waals surface area contributed by atoms with Gasteiger partial charge in [0, 0.05) is 11.3 Å². The van der Waals surface area contributed by atoms with Crippen molar-refractivity contribution in [3.63, 3.8) is 0 Å². The van der Waals surface area contributed by atoms with Gasteiger partial charge in [-0.2, -0.15) is 0 Å². The number of amides is 2. The van der Waals surface area contributed by atoms with E-state index < -0.39 is 23.9 Å². The van der Waals surface area contributed by atoms with E-state index in [0.717, 1.165) is 12.1 Å². The number of hydrogen-bond donors (Lipinski definition) is 2. The molecule has 3 aromatic carbocycles. The molecular weight excluding hydrogens is 517 g/mol. The fraction of sp³-hybridized carbons (Fsp3) is 0.0833. The van der Waals surface area contributed by atoms with Gasteiger partial charge in [0.1, 0.15) is 17.2 Å². The molecule has 2 N–H and O–H groups in total. The summed E-state index contributed by atoms with van der Waals surface area (Å²) in [7, 11) is 1.51. The molecule has 0 aliphatic heterocycles. The van der Waals surface area contributed by atoms with Crippen molar-refractivity contribution in [1.29, 1.82) is 0 Å². The molecule has 0 bridgehead atoms. The van der Waals surface area contributed by atoms with Crippen LogP contribution < -0.4 is 20.1 Å². The van der Waals surface area contributed by atoms with Gasteiger partial charge in [-0.25, -0.2) is 0 Å². The number of ether oxygens (including phenoxy) is 2. The number of methoxy groups -OCH3 is 1. The van der Waals surface area contributed by atoms with Gasteiger partial charge in [-0.1, -0.05) is 24.3 Å². The van der Waals surface area contributed by atoms with Crippen LogP contribution >= 0.6 is 15.9 Å². The molecule has 6 nitrogen and oxygen atoms in total. The molecule has 3 rings (SSSR count). The van der Waals surface area contributed by atoms with Gasteiger partial charge in [-0.15, -0.1) is 13.2 Å². The van der Waals surface area contributed by atoms with Crippen molar-refractivity contribution < 1.29 is 32.2 Å². The molecule has 0 unspecified atom stereocenters. The van der Waals surface area contributed by atoms with Crippen molar-refractivity contribution in [1.82, 2.24) is 5.32 Å². The molecule has 0 radical (unpaired) electrons. The Balaban J connectivity index is 1.85. The summed E-state index contributed by atoms with van der Waals surface area (Å²) >= 11 is 3.37. The number of benzene rings is 3. The van der Waals surface area contributed by atoms with Crippen LogP contribution in [0.2, 0.25) is 0 Å². The fourth-order valence-corrected chi connectivity index (χ4v) is 3.38. The molecule has 0 saturated heterocycles. The van der Waals surface area contributed by atoms with Crippen molar-refractivity contribution >= 4 is 39.5 Å². The number of halogens is 4. The van der Waals surface area contributed by atoms with Crippen LogP contribution in [-0.2, 0) is 4.79 Å². The highest BCUT2D eigenvalue weighted by Crippen LogP contribution is 2.27. The Kier molecular flexibility index (Phi) is 7.95. The van der Waals surface area contributed by atoms with Gasteiger partial charge in [0.05, 0.1) is 11.6 Å². The maximum Gasteiger partial charge on any atom is 0.573 e. The monoisotopic (exact) mass is 534 g/mol. The first kappa shape index (κ1) is 24.8. The van der Waals surface area contributed by atoms with E-state index >= 15 is 0 Å². The number of rotatable bonds is 7. The summed E-state index contributed by atoms with van der Waals surface area (Å²) in [4.78, 5) is 25.6. The minimum absolute atomic E-state index is 0.0819. The molecule has 0 spiro atoms. The first-order valence-electron chi connectivity index (χ1n) is 9.73. The highest BCUT2D eigenvalue weighted by Gasteiger charge is 2.31. The second-order valence-electron chi connectivity index (χ2n) is 6.80. The van der Waals surface area contributed by atoms with E-state index in [4.69, 9.17) is 4.74 Å². The molecule has 0 saturated carbocycles. The van der Waals surface area contributed by atoms with E-state index in [9.17, 15) is 22.8 Å². The molecule has 0 aliphatic carbocycles. The molecule has 176 valence electrons. The lowest BCUT2D eigenvalue weighted by Crippen LogP contribution is -2.30. The lowest BCUT2D eigenvalue weighted by molar-refractivity contribution is -0.274. The number of nitrogens with one attached hydrogen (secondary N) is 2. The van der Waals surface area contributed by atoms with Crippen molar-refractivity contribution in [2.75, 3.05) is 12.4 Å². The highest BCUT2D eigenvalue weighted by molar-refractivity contribution is 9.10. The Labute approximate surface area is 201 Å². The van der Waals surface area contributed by atoms with Crippen LogP contribution in [0.25, 0.3) is 6.08 Å². The third-order valence-electron chi connectivity index (χ3n) is 4.36. The van der Waals surface area contributed by atoms with E-state index in [1.165, 1.54) is 25.3 Å². The van der Waals surface area contributed by atoms with Gasteiger partial charge in [0.2, 0.25) is 0 Å².